The van der Waals surface area contributed by atoms with Crippen LogP contribution in [0.5, 0.6) is 0 Å². The molecule has 0 aromatic rings. The van der Waals surface area contributed by atoms with Gasteiger partial charge in [0.1, 0.15) is 0 Å². The van der Waals surface area contributed by atoms with Crippen molar-refractivity contribution < 1.29 is 0 Å². The molecule has 0 saturated heterocycles. The van der Waals surface area contributed by atoms with Crippen LogP contribution in [-0.2, 0) is 0 Å². The van der Waals surface area contributed by atoms with E-state index in [1.807, 2.05) is 6.92 Å². The maximum Gasteiger partial charge on any atom is 0.192 e. The number of hydrogen-bond donors (Lipinski definition) is 2. The van der Waals surface area contributed by atoms with Crippen molar-refractivity contribution in [3.63, 3.8) is 0 Å². The molecule has 0 amide bonds. The van der Waals surface area contributed by atoms with Gasteiger partial charge < -0.3 is 10.6 Å². The van der Waals surface area contributed by atoms with Gasteiger partial charge >= 0.3 is 0 Å². The number of terminal acetylenes is 1. The number of hydrogen-bond acceptors (Lipinski definition) is 1. The largest absolute Gasteiger partial charge is 0.353 e. The number of guanidine groups is 1. The van der Waals surface area contributed by atoms with Crippen molar-refractivity contribution >= 4 is 29.9 Å². The Morgan fingerprint density at radius 3 is 2.54 bits per heavy atom. The molecule has 0 bridgehead atoms. The van der Waals surface area contributed by atoms with Gasteiger partial charge in [0, 0.05) is 13.6 Å². The molecule has 0 saturated carbocycles. The third-order valence-electron chi connectivity index (χ3n) is 1.14. The van der Waals surface area contributed by atoms with E-state index in [2.05, 4.69) is 28.1 Å². The van der Waals surface area contributed by atoms with Gasteiger partial charge in [0.05, 0.1) is 6.54 Å². The number of rotatable bonds is 3. The molecule has 0 atom stereocenters. The average Bonchev–Trinajstić information content (AvgIpc) is 2.05. The van der Waals surface area contributed by atoms with Gasteiger partial charge in [0.25, 0.3) is 0 Å². The van der Waals surface area contributed by atoms with E-state index in [1.54, 1.807) is 7.05 Å². The normalized spacial score (nSPS) is 9.46. The van der Waals surface area contributed by atoms with Crippen molar-refractivity contribution in [3.05, 3.63) is 12.2 Å². The minimum Gasteiger partial charge on any atom is -0.353 e. The summed E-state index contributed by atoms with van der Waals surface area (Å²) in [5, 5.41) is 5.98. The van der Waals surface area contributed by atoms with Crippen molar-refractivity contribution in [2.75, 3.05) is 20.1 Å². The summed E-state index contributed by atoms with van der Waals surface area (Å²) < 4.78 is 0. The van der Waals surface area contributed by atoms with Crippen molar-refractivity contribution in [3.8, 4) is 12.3 Å². The zero-order chi connectivity index (χ0) is 9.40. The van der Waals surface area contributed by atoms with Gasteiger partial charge in [-0.15, -0.1) is 30.4 Å². The highest BCUT2D eigenvalue weighted by Crippen LogP contribution is 1.80. The summed E-state index contributed by atoms with van der Waals surface area (Å²) in [6, 6.07) is 0. The van der Waals surface area contributed by atoms with E-state index < -0.39 is 0 Å². The quantitative estimate of drug-likeness (QED) is 0.267. The average molecular weight is 293 g/mol. The Labute approximate surface area is 97.1 Å². The van der Waals surface area contributed by atoms with E-state index in [4.69, 9.17) is 6.42 Å². The second-order valence-electron chi connectivity index (χ2n) is 2.44. The smallest absolute Gasteiger partial charge is 0.192 e. The molecule has 0 heterocycles. The highest BCUT2D eigenvalue weighted by Gasteiger charge is 1.92. The van der Waals surface area contributed by atoms with Crippen molar-refractivity contribution in [2.24, 2.45) is 4.99 Å². The molecule has 4 heteroatoms. The molecule has 0 aromatic carbocycles. The summed E-state index contributed by atoms with van der Waals surface area (Å²) in [5.41, 5.74) is 1.05. The van der Waals surface area contributed by atoms with Crippen LogP contribution in [0.2, 0.25) is 0 Å². The second kappa shape index (κ2) is 9.39. The Hall–Kier alpha value is -0.700. The fourth-order valence-electron chi connectivity index (χ4n) is 0.590. The SMILES string of the molecule is C#CCNC(=NC)NCC(=C)C.I. The first-order chi connectivity index (χ1) is 5.70. The Kier molecular flexibility index (Phi) is 10.7. The van der Waals surface area contributed by atoms with Gasteiger partial charge in [-0.3, -0.25) is 4.99 Å². The van der Waals surface area contributed by atoms with Crippen LogP contribution in [0.1, 0.15) is 6.92 Å². The topological polar surface area (TPSA) is 36.4 Å². The molecule has 3 nitrogen and oxygen atoms in total. The first-order valence-corrected chi connectivity index (χ1v) is 3.73. The predicted molar refractivity (Wildman–Crippen MR) is 68.4 cm³/mol. The molecular weight excluding hydrogens is 277 g/mol. The molecule has 0 aliphatic carbocycles. The van der Waals surface area contributed by atoms with E-state index in [0.717, 1.165) is 5.57 Å². The molecule has 2 N–H and O–H groups in total. The fourth-order valence-corrected chi connectivity index (χ4v) is 0.590. The summed E-state index contributed by atoms with van der Waals surface area (Å²) in [6.07, 6.45) is 5.07. The van der Waals surface area contributed by atoms with Crippen molar-refractivity contribution in [1.29, 1.82) is 0 Å². The lowest BCUT2D eigenvalue weighted by Crippen LogP contribution is -2.38. The highest BCUT2D eigenvalue weighted by atomic mass is 127. The van der Waals surface area contributed by atoms with E-state index in [-0.39, 0.29) is 24.0 Å². The third-order valence-corrected chi connectivity index (χ3v) is 1.14. The third kappa shape index (κ3) is 9.21. The molecule has 0 fully saturated rings. The molecule has 0 spiro atoms. The lowest BCUT2D eigenvalue weighted by molar-refractivity contribution is 0.898. The molecule has 0 aliphatic rings. The summed E-state index contributed by atoms with van der Waals surface area (Å²) in [7, 11) is 1.70. The van der Waals surface area contributed by atoms with Crippen LogP contribution in [0.25, 0.3) is 0 Å². The minimum absolute atomic E-state index is 0. The maximum absolute atomic E-state index is 5.07. The Balaban J connectivity index is 0. The summed E-state index contributed by atoms with van der Waals surface area (Å²) in [4.78, 5) is 3.96. The van der Waals surface area contributed by atoms with Crippen LogP contribution in [0.3, 0.4) is 0 Å². The first-order valence-electron chi connectivity index (χ1n) is 3.73. The Bertz CT molecular complexity index is 215. The summed E-state index contributed by atoms with van der Waals surface area (Å²) in [6.45, 7) is 6.90. The van der Waals surface area contributed by atoms with Gasteiger partial charge in [0.15, 0.2) is 5.96 Å². The van der Waals surface area contributed by atoms with E-state index in [9.17, 15) is 0 Å². The van der Waals surface area contributed by atoms with Gasteiger partial charge in [-0.25, -0.2) is 0 Å². The molecule has 0 aliphatic heterocycles. The lowest BCUT2D eigenvalue weighted by Gasteiger charge is -2.08. The van der Waals surface area contributed by atoms with Gasteiger partial charge in [-0.05, 0) is 6.92 Å². The van der Waals surface area contributed by atoms with Gasteiger partial charge in [-0.2, -0.15) is 0 Å². The van der Waals surface area contributed by atoms with Crippen LogP contribution in [0.15, 0.2) is 17.1 Å². The monoisotopic (exact) mass is 293 g/mol. The minimum atomic E-state index is 0. The summed E-state index contributed by atoms with van der Waals surface area (Å²) in [5.74, 6) is 3.17. The fraction of sp³-hybridized carbons (Fsp3) is 0.444. The van der Waals surface area contributed by atoms with Crippen LogP contribution in [0, 0.1) is 12.3 Å². The van der Waals surface area contributed by atoms with Crippen LogP contribution >= 0.6 is 24.0 Å². The molecular formula is C9H16IN3. The zero-order valence-electron chi connectivity index (χ0n) is 8.05. The first kappa shape index (κ1) is 14.8. The summed E-state index contributed by atoms with van der Waals surface area (Å²) >= 11 is 0. The Morgan fingerprint density at radius 2 is 2.15 bits per heavy atom. The van der Waals surface area contributed by atoms with Crippen molar-refractivity contribution in [2.45, 2.75) is 6.92 Å². The van der Waals surface area contributed by atoms with Crippen molar-refractivity contribution in [1.82, 2.24) is 10.6 Å². The molecule has 0 aromatic heterocycles. The second-order valence-corrected chi connectivity index (χ2v) is 2.44. The van der Waals surface area contributed by atoms with E-state index in [1.165, 1.54) is 0 Å². The van der Waals surface area contributed by atoms with Crippen LogP contribution in [0.4, 0.5) is 0 Å². The molecule has 0 unspecified atom stereocenters. The number of halogens is 1. The number of aliphatic imine (C=N–C) groups is 1. The number of nitrogens with one attached hydrogen (secondary N) is 2. The molecule has 0 radical (unpaired) electrons. The zero-order valence-corrected chi connectivity index (χ0v) is 10.4. The predicted octanol–water partition coefficient (Wildman–Crippen LogP) is 0.979. The molecule has 0 rings (SSSR count). The van der Waals surface area contributed by atoms with Crippen LogP contribution < -0.4 is 10.6 Å². The lowest BCUT2D eigenvalue weighted by atomic mass is 10.3. The van der Waals surface area contributed by atoms with Gasteiger partial charge in [-0.1, -0.05) is 18.1 Å². The van der Waals surface area contributed by atoms with Crippen LogP contribution in [-0.4, -0.2) is 26.1 Å². The molecule has 74 valence electrons. The maximum atomic E-state index is 5.07. The standard InChI is InChI=1S/C9H15N3.HI/c1-5-6-11-9(10-4)12-7-8(2)3;/h1H,2,6-7H2,3-4H3,(H2,10,11,12);1H. The highest BCUT2D eigenvalue weighted by molar-refractivity contribution is 14.0. The van der Waals surface area contributed by atoms with E-state index in [0.29, 0.717) is 19.0 Å². The van der Waals surface area contributed by atoms with E-state index >= 15 is 0 Å². The number of nitrogens with zero attached hydrogens (tertiary/aromatic N) is 1. The molecule has 13 heavy (non-hydrogen) atoms. The Morgan fingerprint density at radius 1 is 1.54 bits per heavy atom. The van der Waals surface area contributed by atoms with Gasteiger partial charge in [0.2, 0.25) is 0 Å².